The first-order chi connectivity index (χ1) is 28.5. The summed E-state index contributed by atoms with van der Waals surface area (Å²) in [7, 11) is 0. The SMILES string of the molecule is CCCCC/C=C\C/C=C\C/C=C\CCCCC(CC(=O)NC(CO)C(O)CCCCCCCCCCCCCC)OC(=O)CCCCCCCCCCCCCC. The van der Waals surface area contributed by atoms with Crippen LogP contribution < -0.4 is 5.32 Å². The van der Waals surface area contributed by atoms with Crippen LogP contribution in [-0.4, -0.2) is 46.9 Å². The van der Waals surface area contributed by atoms with E-state index in [1.165, 1.54) is 141 Å². The molecule has 6 heteroatoms. The van der Waals surface area contributed by atoms with Gasteiger partial charge in [0.05, 0.1) is 25.2 Å². The van der Waals surface area contributed by atoms with E-state index in [0.29, 0.717) is 19.3 Å². The lowest BCUT2D eigenvalue weighted by Crippen LogP contribution is -2.46. The van der Waals surface area contributed by atoms with Gasteiger partial charge >= 0.3 is 5.97 Å². The number of ether oxygens (including phenoxy) is 1. The molecule has 0 radical (unpaired) electrons. The van der Waals surface area contributed by atoms with E-state index in [9.17, 15) is 19.8 Å². The Bertz CT molecular complexity index is 961. The van der Waals surface area contributed by atoms with E-state index in [1.54, 1.807) is 0 Å². The molecule has 0 rings (SSSR count). The van der Waals surface area contributed by atoms with Crippen LogP contribution in [0, 0.1) is 0 Å². The van der Waals surface area contributed by atoms with Gasteiger partial charge in [-0.15, -0.1) is 0 Å². The molecule has 58 heavy (non-hydrogen) atoms. The predicted octanol–water partition coefficient (Wildman–Crippen LogP) is 14.9. The van der Waals surface area contributed by atoms with Crippen molar-refractivity contribution in [3.8, 4) is 0 Å². The summed E-state index contributed by atoms with van der Waals surface area (Å²) in [4.78, 5) is 26.1. The number of rotatable bonds is 45. The van der Waals surface area contributed by atoms with Crippen LogP contribution in [0.25, 0.3) is 0 Å². The van der Waals surface area contributed by atoms with Gasteiger partial charge in [-0.1, -0.05) is 218 Å². The highest BCUT2D eigenvalue weighted by atomic mass is 16.5. The summed E-state index contributed by atoms with van der Waals surface area (Å²) in [6.07, 6.45) is 53.4. The Morgan fingerprint density at radius 3 is 1.34 bits per heavy atom. The van der Waals surface area contributed by atoms with Gasteiger partial charge in [-0.05, 0) is 64.2 Å². The van der Waals surface area contributed by atoms with Crippen LogP contribution in [0.5, 0.6) is 0 Å². The van der Waals surface area contributed by atoms with Crippen molar-refractivity contribution in [2.75, 3.05) is 6.61 Å². The van der Waals surface area contributed by atoms with Crippen molar-refractivity contribution in [1.82, 2.24) is 5.32 Å². The van der Waals surface area contributed by atoms with Crippen LogP contribution in [0.15, 0.2) is 36.5 Å². The number of hydrogen-bond donors (Lipinski definition) is 3. The lowest BCUT2D eigenvalue weighted by atomic mass is 10.0. The van der Waals surface area contributed by atoms with Gasteiger partial charge in [0.25, 0.3) is 0 Å². The highest BCUT2D eigenvalue weighted by Crippen LogP contribution is 2.17. The van der Waals surface area contributed by atoms with Crippen LogP contribution in [0.4, 0.5) is 0 Å². The van der Waals surface area contributed by atoms with Crippen LogP contribution in [0.2, 0.25) is 0 Å². The number of hydrogen-bond acceptors (Lipinski definition) is 5. The number of carbonyl (C=O) groups is 2. The standard InChI is InChI=1S/C52H97NO5/c1-4-7-10-13-16-19-22-25-26-27-28-31-34-37-40-43-48(58-52(57)45-42-39-36-33-30-24-21-18-15-12-9-6-3)46-51(56)53-49(47-54)50(55)44-41-38-35-32-29-23-20-17-14-11-8-5-2/h16,19,25-26,28,31,48-50,54-55H,4-15,17-18,20-24,27,29-30,32-47H2,1-3H3,(H,53,56)/b19-16-,26-25-,31-28-. The minimum Gasteiger partial charge on any atom is -0.462 e. The first kappa shape index (κ1) is 56.1. The smallest absolute Gasteiger partial charge is 0.306 e. The maximum atomic E-state index is 13.2. The number of aliphatic hydroxyl groups is 2. The maximum Gasteiger partial charge on any atom is 0.306 e. The zero-order valence-electron chi connectivity index (χ0n) is 38.7. The second-order valence-electron chi connectivity index (χ2n) is 17.2. The average molecular weight is 816 g/mol. The maximum absolute atomic E-state index is 13.2. The third-order valence-electron chi connectivity index (χ3n) is 11.5. The minimum absolute atomic E-state index is 0.0553. The Balaban J connectivity index is 4.65. The molecule has 0 aliphatic rings. The molecule has 0 saturated carbocycles. The summed E-state index contributed by atoms with van der Waals surface area (Å²) in [5.74, 6) is -0.503. The van der Waals surface area contributed by atoms with Gasteiger partial charge in [0, 0.05) is 6.42 Å². The Kier molecular flexibility index (Phi) is 44.6. The fourth-order valence-corrected chi connectivity index (χ4v) is 7.61. The van der Waals surface area contributed by atoms with Crippen molar-refractivity contribution in [3.05, 3.63) is 36.5 Å². The van der Waals surface area contributed by atoms with Gasteiger partial charge in [0.2, 0.25) is 5.91 Å². The van der Waals surface area contributed by atoms with Gasteiger partial charge in [-0.2, -0.15) is 0 Å². The van der Waals surface area contributed by atoms with Gasteiger partial charge in [-0.3, -0.25) is 9.59 Å². The van der Waals surface area contributed by atoms with E-state index in [0.717, 1.165) is 70.6 Å². The molecule has 0 saturated heterocycles. The Morgan fingerprint density at radius 1 is 0.500 bits per heavy atom. The molecule has 0 aliphatic carbocycles. The number of aliphatic hydroxyl groups excluding tert-OH is 2. The number of allylic oxidation sites excluding steroid dienone is 6. The summed E-state index contributed by atoms with van der Waals surface area (Å²) >= 11 is 0. The normalized spacial score (nSPS) is 13.5. The largest absolute Gasteiger partial charge is 0.462 e. The predicted molar refractivity (Wildman–Crippen MR) is 250 cm³/mol. The molecule has 340 valence electrons. The third kappa shape index (κ3) is 40.8. The first-order valence-corrected chi connectivity index (χ1v) is 25.2. The number of carbonyl (C=O) groups excluding carboxylic acids is 2. The molecule has 0 bridgehead atoms. The fraction of sp³-hybridized carbons (Fsp3) is 0.846. The molecule has 0 heterocycles. The highest BCUT2D eigenvalue weighted by Gasteiger charge is 2.24. The summed E-state index contributed by atoms with van der Waals surface area (Å²) in [5.41, 5.74) is 0. The van der Waals surface area contributed by atoms with Crippen molar-refractivity contribution < 1.29 is 24.5 Å². The summed E-state index contributed by atoms with van der Waals surface area (Å²) in [6, 6.07) is -0.710. The minimum atomic E-state index is -0.794. The van der Waals surface area contributed by atoms with Crippen molar-refractivity contribution in [2.45, 2.75) is 277 Å². The fourth-order valence-electron chi connectivity index (χ4n) is 7.61. The highest BCUT2D eigenvalue weighted by molar-refractivity contribution is 5.77. The number of nitrogens with one attached hydrogen (secondary N) is 1. The molecule has 0 aromatic heterocycles. The molecule has 0 spiro atoms. The molecular formula is C52H97NO5. The monoisotopic (exact) mass is 816 g/mol. The third-order valence-corrected chi connectivity index (χ3v) is 11.5. The van der Waals surface area contributed by atoms with E-state index in [1.807, 2.05) is 0 Å². The zero-order valence-corrected chi connectivity index (χ0v) is 38.7. The summed E-state index contributed by atoms with van der Waals surface area (Å²) in [6.45, 7) is 6.44. The number of amides is 1. The molecule has 3 atom stereocenters. The quantitative estimate of drug-likeness (QED) is 0.0323. The molecule has 1 amide bonds. The van der Waals surface area contributed by atoms with Crippen molar-refractivity contribution in [1.29, 1.82) is 0 Å². The van der Waals surface area contributed by atoms with E-state index >= 15 is 0 Å². The van der Waals surface area contributed by atoms with E-state index < -0.39 is 18.2 Å². The Labute approximate surface area is 360 Å². The molecular weight excluding hydrogens is 719 g/mol. The van der Waals surface area contributed by atoms with Gasteiger partial charge in [-0.25, -0.2) is 0 Å². The van der Waals surface area contributed by atoms with Gasteiger partial charge < -0.3 is 20.3 Å². The van der Waals surface area contributed by atoms with Crippen LogP contribution in [-0.2, 0) is 14.3 Å². The van der Waals surface area contributed by atoms with E-state index in [4.69, 9.17) is 4.74 Å². The van der Waals surface area contributed by atoms with Crippen LogP contribution in [0.3, 0.4) is 0 Å². The van der Waals surface area contributed by atoms with E-state index in [2.05, 4.69) is 62.5 Å². The second-order valence-corrected chi connectivity index (χ2v) is 17.2. The van der Waals surface area contributed by atoms with Crippen molar-refractivity contribution in [2.24, 2.45) is 0 Å². The second kappa shape index (κ2) is 46.2. The van der Waals surface area contributed by atoms with E-state index in [-0.39, 0.29) is 24.9 Å². The molecule has 6 nitrogen and oxygen atoms in total. The van der Waals surface area contributed by atoms with Gasteiger partial charge in [0.1, 0.15) is 6.10 Å². The van der Waals surface area contributed by atoms with Crippen LogP contribution in [0.1, 0.15) is 258 Å². The lowest BCUT2D eigenvalue weighted by Gasteiger charge is -2.24. The molecule has 3 unspecified atom stereocenters. The molecule has 3 N–H and O–H groups in total. The molecule has 0 aromatic carbocycles. The molecule has 0 aromatic rings. The van der Waals surface area contributed by atoms with Crippen LogP contribution >= 0.6 is 0 Å². The number of unbranched alkanes of at least 4 members (excludes halogenated alkanes) is 27. The zero-order chi connectivity index (χ0) is 42.4. The summed E-state index contributed by atoms with van der Waals surface area (Å²) in [5, 5.41) is 23.7. The average Bonchev–Trinajstić information content (AvgIpc) is 3.22. The van der Waals surface area contributed by atoms with Gasteiger partial charge in [0.15, 0.2) is 0 Å². The Morgan fingerprint density at radius 2 is 0.879 bits per heavy atom. The van der Waals surface area contributed by atoms with Crippen molar-refractivity contribution in [3.63, 3.8) is 0 Å². The lowest BCUT2D eigenvalue weighted by molar-refractivity contribution is -0.151. The topological polar surface area (TPSA) is 95.9 Å². The number of esters is 1. The Hall–Kier alpha value is -1.92. The molecule has 0 aliphatic heterocycles. The first-order valence-electron chi connectivity index (χ1n) is 25.2. The van der Waals surface area contributed by atoms with Crippen molar-refractivity contribution >= 4 is 11.9 Å². The summed E-state index contributed by atoms with van der Waals surface area (Å²) < 4.78 is 5.91. The molecule has 0 fully saturated rings.